The van der Waals surface area contributed by atoms with Crippen LogP contribution in [0.3, 0.4) is 0 Å². The van der Waals surface area contributed by atoms with Crippen molar-refractivity contribution in [2.45, 2.75) is 39.2 Å². The second kappa shape index (κ2) is 9.97. The molecular formula is C17H24O6. The van der Waals surface area contributed by atoms with E-state index in [0.29, 0.717) is 29.7 Å². The van der Waals surface area contributed by atoms with Gasteiger partial charge in [0.25, 0.3) is 0 Å². The van der Waals surface area contributed by atoms with E-state index in [1.165, 1.54) is 12.1 Å². The fourth-order valence-electron chi connectivity index (χ4n) is 1.95. The van der Waals surface area contributed by atoms with Crippen LogP contribution in [0.4, 0.5) is 0 Å². The molecule has 128 valence electrons. The van der Waals surface area contributed by atoms with Crippen LogP contribution in [0.15, 0.2) is 18.2 Å². The summed E-state index contributed by atoms with van der Waals surface area (Å²) in [6, 6.07) is 4.62. The summed E-state index contributed by atoms with van der Waals surface area (Å²) in [5.41, 5.74) is 1.34. The third kappa shape index (κ3) is 5.65. The lowest BCUT2D eigenvalue weighted by Gasteiger charge is -2.15. The third-order valence-electron chi connectivity index (χ3n) is 3.35. The van der Waals surface area contributed by atoms with Crippen LogP contribution in [0, 0.1) is 0 Å². The van der Waals surface area contributed by atoms with E-state index in [2.05, 4.69) is 0 Å². The van der Waals surface area contributed by atoms with Gasteiger partial charge in [-0.1, -0.05) is 20.3 Å². The molecule has 23 heavy (non-hydrogen) atoms. The van der Waals surface area contributed by atoms with Crippen molar-refractivity contribution in [1.82, 2.24) is 0 Å². The molecule has 6 nitrogen and oxygen atoms in total. The molecule has 0 amide bonds. The fourth-order valence-corrected chi connectivity index (χ4v) is 1.95. The number of aliphatic hydroxyl groups is 2. The van der Waals surface area contributed by atoms with Crippen molar-refractivity contribution in [2.75, 3.05) is 19.8 Å². The van der Waals surface area contributed by atoms with Gasteiger partial charge in [-0.05, 0) is 36.6 Å². The summed E-state index contributed by atoms with van der Waals surface area (Å²) in [7, 11) is 0. The molecule has 0 aliphatic rings. The topological polar surface area (TPSA) is 93.1 Å². The highest BCUT2D eigenvalue weighted by Crippen LogP contribution is 2.16. The third-order valence-corrected chi connectivity index (χ3v) is 3.35. The molecule has 0 saturated heterocycles. The summed E-state index contributed by atoms with van der Waals surface area (Å²) < 4.78 is 10.1. The van der Waals surface area contributed by atoms with Crippen molar-refractivity contribution >= 4 is 11.9 Å². The average molecular weight is 324 g/mol. The highest BCUT2D eigenvalue weighted by Gasteiger charge is 2.19. The Kier molecular flexibility index (Phi) is 8.29. The van der Waals surface area contributed by atoms with E-state index in [9.17, 15) is 9.59 Å². The van der Waals surface area contributed by atoms with E-state index in [-0.39, 0.29) is 0 Å². The molecule has 0 fully saturated rings. The van der Waals surface area contributed by atoms with Crippen LogP contribution in [0.2, 0.25) is 0 Å². The fraction of sp³-hybridized carbons (Fsp3) is 0.529. The minimum absolute atomic E-state index is 0.310. The molecule has 1 aromatic carbocycles. The minimum atomic E-state index is -0.953. The monoisotopic (exact) mass is 324 g/mol. The van der Waals surface area contributed by atoms with Crippen LogP contribution in [0.25, 0.3) is 0 Å². The number of aryl methyl sites for hydroxylation is 1. The summed E-state index contributed by atoms with van der Waals surface area (Å²) in [5.74, 6) is -1.06. The molecule has 0 unspecified atom stereocenters. The molecular weight excluding hydrogens is 300 g/mol. The summed E-state index contributed by atoms with van der Waals surface area (Å²) in [6.45, 7) is 3.33. The van der Waals surface area contributed by atoms with Gasteiger partial charge in [-0.2, -0.15) is 0 Å². The van der Waals surface area contributed by atoms with Gasteiger partial charge in [-0.15, -0.1) is 0 Å². The number of carbonyl (C=O) groups is 2. The maximum atomic E-state index is 12.1. The number of hydrogen-bond donors (Lipinski definition) is 2. The second-order valence-corrected chi connectivity index (χ2v) is 5.11. The molecule has 2 N–H and O–H groups in total. The molecule has 0 radical (unpaired) electrons. The highest BCUT2D eigenvalue weighted by atomic mass is 16.6. The molecule has 0 aliphatic heterocycles. The van der Waals surface area contributed by atoms with Crippen molar-refractivity contribution < 1.29 is 29.3 Å². The number of aliphatic hydroxyl groups excluding tert-OH is 2. The van der Waals surface area contributed by atoms with Gasteiger partial charge in [0.05, 0.1) is 30.9 Å². The van der Waals surface area contributed by atoms with Crippen LogP contribution in [0.1, 0.15) is 53.0 Å². The maximum absolute atomic E-state index is 12.1. The predicted octanol–water partition coefficient (Wildman–Crippen LogP) is 1.72. The maximum Gasteiger partial charge on any atom is 0.338 e. The van der Waals surface area contributed by atoms with Gasteiger partial charge in [0.2, 0.25) is 0 Å². The lowest BCUT2D eigenvalue weighted by Crippen LogP contribution is -2.26. The molecule has 0 spiro atoms. The number of rotatable bonds is 9. The molecule has 0 saturated carbocycles. The van der Waals surface area contributed by atoms with E-state index in [1.54, 1.807) is 6.07 Å². The smallest absolute Gasteiger partial charge is 0.338 e. The molecule has 0 heterocycles. The lowest BCUT2D eigenvalue weighted by molar-refractivity contribution is -0.00555. The van der Waals surface area contributed by atoms with Gasteiger partial charge >= 0.3 is 11.9 Å². The first-order chi connectivity index (χ1) is 11.1. The van der Waals surface area contributed by atoms with E-state index in [1.807, 2.05) is 13.8 Å². The van der Waals surface area contributed by atoms with Gasteiger partial charge in [0.15, 0.2) is 0 Å². The van der Waals surface area contributed by atoms with E-state index < -0.39 is 31.3 Å². The number of unbranched alkanes of at least 4 members (excludes halogenated alkanes) is 1. The van der Waals surface area contributed by atoms with Gasteiger partial charge in [-0.3, -0.25) is 0 Å². The van der Waals surface area contributed by atoms with E-state index >= 15 is 0 Å². The molecule has 0 aliphatic carbocycles. The number of ether oxygens (including phenoxy) is 2. The molecule has 6 heteroatoms. The molecule has 1 rings (SSSR count). The lowest BCUT2D eigenvalue weighted by atomic mass is 10.0. The SMILES string of the molecule is CCCCOC(=O)c1ccc(C(=O)OC(CO)CO)c(CC)c1. The number of benzene rings is 1. The van der Waals surface area contributed by atoms with Gasteiger partial charge in [-0.25, -0.2) is 9.59 Å². The normalized spacial score (nSPS) is 10.7. The van der Waals surface area contributed by atoms with Gasteiger partial charge in [0, 0.05) is 0 Å². The number of carbonyl (C=O) groups excluding carboxylic acids is 2. The Hall–Kier alpha value is -1.92. The summed E-state index contributed by atoms with van der Waals surface area (Å²) in [6.07, 6.45) is 1.32. The number of hydrogen-bond acceptors (Lipinski definition) is 6. The second-order valence-electron chi connectivity index (χ2n) is 5.11. The van der Waals surface area contributed by atoms with Crippen molar-refractivity contribution in [3.8, 4) is 0 Å². The Balaban J connectivity index is 2.87. The Labute approximate surface area is 136 Å². The molecule has 0 bridgehead atoms. The Morgan fingerprint density at radius 2 is 1.83 bits per heavy atom. The molecule has 0 atom stereocenters. The van der Waals surface area contributed by atoms with Crippen LogP contribution in [-0.4, -0.2) is 48.1 Å². The quantitative estimate of drug-likeness (QED) is 0.531. The zero-order valence-corrected chi connectivity index (χ0v) is 13.6. The first-order valence-electron chi connectivity index (χ1n) is 7.80. The van der Waals surface area contributed by atoms with Gasteiger partial charge < -0.3 is 19.7 Å². The first kappa shape index (κ1) is 19.1. The summed E-state index contributed by atoms with van der Waals surface area (Å²) in [4.78, 5) is 24.0. The summed E-state index contributed by atoms with van der Waals surface area (Å²) >= 11 is 0. The van der Waals surface area contributed by atoms with Crippen molar-refractivity contribution in [1.29, 1.82) is 0 Å². The van der Waals surface area contributed by atoms with Crippen LogP contribution >= 0.6 is 0 Å². The van der Waals surface area contributed by atoms with E-state index in [4.69, 9.17) is 19.7 Å². The number of esters is 2. The Morgan fingerprint density at radius 3 is 2.39 bits per heavy atom. The zero-order chi connectivity index (χ0) is 17.2. The van der Waals surface area contributed by atoms with Crippen LogP contribution in [0.5, 0.6) is 0 Å². The molecule has 1 aromatic rings. The largest absolute Gasteiger partial charge is 0.462 e. The Morgan fingerprint density at radius 1 is 1.13 bits per heavy atom. The standard InChI is InChI=1S/C17H24O6/c1-3-5-8-22-16(20)13-6-7-15(12(4-2)9-13)17(21)23-14(10-18)11-19/h6-7,9,14,18-19H,3-5,8,10-11H2,1-2H3. The minimum Gasteiger partial charge on any atom is -0.462 e. The zero-order valence-electron chi connectivity index (χ0n) is 13.6. The first-order valence-corrected chi connectivity index (χ1v) is 7.80. The van der Waals surface area contributed by atoms with E-state index in [0.717, 1.165) is 12.8 Å². The van der Waals surface area contributed by atoms with Gasteiger partial charge in [0.1, 0.15) is 6.10 Å². The Bertz CT molecular complexity index is 522. The predicted molar refractivity (Wildman–Crippen MR) is 84.4 cm³/mol. The van der Waals surface area contributed by atoms with Crippen LogP contribution in [-0.2, 0) is 15.9 Å². The average Bonchev–Trinajstić information content (AvgIpc) is 2.58. The van der Waals surface area contributed by atoms with Crippen molar-refractivity contribution in [3.63, 3.8) is 0 Å². The molecule has 0 aromatic heterocycles. The van der Waals surface area contributed by atoms with Crippen molar-refractivity contribution in [2.24, 2.45) is 0 Å². The summed E-state index contributed by atoms with van der Waals surface area (Å²) in [5, 5.41) is 17.9. The van der Waals surface area contributed by atoms with Crippen LogP contribution < -0.4 is 0 Å². The highest BCUT2D eigenvalue weighted by molar-refractivity contribution is 5.95. The van der Waals surface area contributed by atoms with Crippen molar-refractivity contribution in [3.05, 3.63) is 34.9 Å².